The number of nitrogens with one attached hydrogen (secondary N) is 1. The predicted molar refractivity (Wildman–Crippen MR) is 129 cm³/mol. The summed E-state index contributed by atoms with van der Waals surface area (Å²) in [5, 5.41) is 0. The monoisotopic (exact) mass is 478 g/mol. The number of methoxy groups -OCH3 is 1. The molecule has 7 nitrogen and oxygen atoms in total. The Morgan fingerprint density at radius 3 is 2.21 bits per heavy atom. The highest BCUT2D eigenvalue weighted by molar-refractivity contribution is 7.89. The van der Waals surface area contributed by atoms with Crippen LogP contribution in [-0.4, -0.2) is 27.3 Å². The summed E-state index contributed by atoms with van der Waals surface area (Å²) in [6.07, 6.45) is 0.167. The first kappa shape index (κ1) is 23.7. The number of benzene rings is 3. The van der Waals surface area contributed by atoms with Gasteiger partial charge in [-0.05, 0) is 48.7 Å². The van der Waals surface area contributed by atoms with Gasteiger partial charge in [-0.15, -0.1) is 0 Å². The molecule has 0 unspecified atom stereocenters. The van der Waals surface area contributed by atoms with Gasteiger partial charge in [0, 0.05) is 12.8 Å². The number of sulfonamides is 1. The Bertz CT molecular complexity index is 1340. The lowest BCUT2D eigenvalue weighted by Crippen LogP contribution is -2.31. The molecule has 0 spiro atoms. The number of rotatable bonds is 7. The van der Waals surface area contributed by atoms with E-state index in [1.807, 2.05) is 62.4 Å². The summed E-state index contributed by atoms with van der Waals surface area (Å²) in [6.45, 7) is 3.93. The second-order valence-electron chi connectivity index (χ2n) is 8.28. The number of imide groups is 1. The number of nitrogens with zero attached hydrogens (tertiary/aromatic N) is 1. The third-order valence-electron chi connectivity index (χ3n) is 5.90. The van der Waals surface area contributed by atoms with Crippen LogP contribution in [0, 0.1) is 13.8 Å². The molecule has 3 aromatic rings. The molecular weight excluding hydrogens is 452 g/mol. The average molecular weight is 479 g/mol. The minimum Gasteiger partial charge on any atom is -0.495 e. The second kappa shape index (κ2) is 9.40. The van der Waals surface area contributed by atoms with Gasteiger partial charge in [-0.2, -0.15) is 4.72 Å². The van der Waals surface area contributed by atoms with Gasteiger partial charge < -0.3 is 4.74 Å². The fraction of sp³-hybridized carbons (Fsp3) is 0.231. The summed E-state index contributed by atoms with van der Waals surface area (Å²) in [4.78, 5) is 25.6. The van der Waals surface area contributed by atoms with Gasteiger partial charge in [0.2, 0.25) is 21.8 Å². The molecule has 176 valence electrons. The van der Waals surface area contributed by atoms with Crippen LogP contribution < -0.4 is 14.4 Å². The molecule has 0 bridgehead atoms. The molecule has 1 aliphatic heterocycles. The summed E-state index contributed by atoms with van der Waals surface area (Å²) in [5.74, 6) is -0.525. The van der Waals surface area contributed by atoms with Crippen molar-refractivity contribution < 1.29 is 22.7 Å². The maximum atomic E-state index is 13.6. The van der Waals surface area contributed by atoms with E-state index in [1.54, 1.807) is 0 Å². The molecule has 1 fully saturated rings. The van der Waals surface area contributed by atoms with E-state index < -0.39 is 16.1 Å². The molecule has 2 amide bonds. The van der Waals surface area contributed by atoms with Crippen molar-refractivity contribution >= 4 is 27.5 Å². The molecule has 0 aromatic heterocycles. The summed E-state index contributed by atoms with van der Waals surface area (Å²) in [7, 11) is -2.64. The number of aryl methyl sites for hydroxylation is 2. The zero-order chi connectivity index (χ0) is 24.5. The molecule has 3 aromatic carbocycles. The van der Waals surface area contributed by atoms with Crippen molar-refractivity contribution in [3.8, 4) is 5.75 Å². The maximum absolute atomic E-state index is 13.6. The van der Waals surface area contributed by atoms with Gasteiger partial charge in [0.1, 0.15) is 5.75 Å². The Balaban J connectivity index is 1.78. The van der Waals surface area contributed by atoms with Crippen molar-refractivity contribution in [2.75, 3.05) is 12.0 Å². The zero-order valence-electron chi connectivity index (χ0n) is 19.2. The normalized spacial score (nSPS) is 15.0. The number of amides is 2. The standard InChI is InChI=1S/C26H26N2O5S/c1-17-9-11-21(18(2)15-17)26(19-7-5-4-6-8-19)27-34(31,32)20-10-12-23(33-3)22(16-20)28-24(29)13-14-25(28)30/h4-12,15-16,26-27H,13-14H2,1-3H3/t26-/m0/s1. The van der Waals surface area contributed by atoms with Crippen molar-refractivity contribution in [1.29, 1.82) is 0 Å². The van der Waals surface area contributed by atoms with Crippen LogP contribution in [0.2, 0.25) is 0 Å². The van der Waals surface area contributed by atoms with Gasteiger partial charge in [0.25, 0.3) is 0 Å². The van der Waals surface area contributed by atoms with Crippen molar-refractivity contribution in [3.63, 3.8) is 0 Å². The lowest BCUT2D eigenvalue weighted by molar-refractivity contribution is -0.121. The van der Waals surface area contributed by atoms with Crippen LogP contribution in [0.15, 0.2) is 71.6 Å². The van der Waals surface area contributed by atoms with E-state index in [4.69, 9.17) is 4.74 Å². The largest absolute Gasteiger partial charge is 0.495 e. The van der Waals surface area contributed by atoms with Gasteiger partial charge in [0.05, 0.1) is 23.7 Å². The third-order valence-corrected chi connectivity index (χ3v) is 7.32. The smallest absolute Gasteiger partial charge is 0.241 e. The van der Waals surface area contributed by atoms with E-state index in [9.17, 15) is 18.0 Å². The second-order valence-corrected chi connectivity index (χ2v) is 10.00. The first-order valence-electron chi connectivity index (χ1n) is 10.9. The lowest BCUT2D eigenvalue weighted by atomic mass is 9.95. The molecule has 1 atom stereocenters. The molecular formula is C26H26N2O5S. The molecule has 1 N–H and O–H groups in total. The zero-order valence-corrected chi connectivity index (χ0v) is 20.1. The minimum absolute atomic E-state index is 0.0681. The molecule has 0 saturated carbocycles. The van der Waals surface area contributed by atoms with Gasteiger partial charge in [-0.25, -0.2) is 13.3 Å². The van der Waals surface area contributed by atoms with Gasteiger partial charge in [-0.1, -0.05) is 54.1 Å². The Morgan fingerprint density at radius 2 is 1.59 bits per heavy atom. The Morgan fingerprint density at radius 1 is 0.912 bits per heavy atom. The van der Waals surface area contributed by atoms with E-state index in [2.05, 4.69) is 4.72 Å². The highest BCUT2D eigenvalue weighted by Gasteiger charge is 2.34. The molecule has 1 saturated heterocycles. The van der Waals surface area contributed by atoms with Crippen molar-refractivity contribution in [2.45, 2.75) is 37.6 Å². The molecule has 4 rings (SSSR count). The van der Waals surface area contributed by atoms with Gasteiger partial charge >= 0.3 is 0 Å². The highest BCUT2D eigenvalue weighted by atomic mass is 32.2. The Labute approximate surface area is 199 Å². The van der Waals surface area contributed by atoms with E-state index in [-0.39, 0.29) is 41.0 Å². The number of hydrogen-bond donors (Lipinski definition) is 1. The van der Waals surface area contributed by atoms with E-state index in [0.717, 1.165) is 27.2 Å². The number of hydrogen-bond acceptors (Lipinski definition) is 5. The first-order valence-corrected chi connectivity index (χ1v) is 12.4. The van der Waals surface area contributed by atoms with Crippen molar-refractivity contribution in [2.24, 2.45) is 0 Å². The fourth-order valence-corrected chi connectivity index (χ4v) is 5.41. The average Bonchev–Trinajstić information content (AvgIpc) is 3.15. The summed E-state index contributed by atoms with van der Waals surface area (Å²) in [6, 6.07) is 18.7. The van der Waals surface area contributed by atoms with Crippen molar-refractivity contribution in [3.05, 3.63) is 89.0 Å². The van der Waals surface area contributed by atoms with Gasteiger partial charge in [-0.3, -0.25) is 9.59 Å². The number of carbonyl (C=O) groups excluding carboxylic acids is 2. The summed E-state index contributed by atoms with van der Waals surface area (Å²) < 4.78 is 35.2. The molecule has 1 aliphatic rings. The number of ether oxygens (including phenoxy) is 1. The van der Waals surface area contributed by atoms with Crippen LogP contribution in [0.1, 0.15) is 41.1 Å². The van der Waals surface area contributed by atoms with Crippen molar-refractivity contribution in [1.82, 2.24) is 4.72 Å². The van der Waals surface area contributed by atoms with Crippen LogP contribution in [-0.2, 0) is 19.6 Å². The van der Waals surface area contributed by atoms with Crippen LogP contribution in [0.3, 0.4) is 0 Å². The molecule has 8 heteroatoms. The number of anilines is 1. The van der Waals surface area contributed by atoms with E-state index in [1.165, 1.54) is 25.3 Å². The minimum atomic E-state index is -4.05. The molecule has 0 aliphatic carbocycles. The fourth-order valence-electron chi connectivity index (χ4n) is 4.19. The third kappa shape index (κ3) is 4.60. The quantitative estimate of drug-likeness (QED) is 0.518. The number of carbonyl (C=O) groups is 2. The van der Waals surface area contributed by atoms with Crippen LogP contribution in [0.5, 0.6) is 5.75 Å². The van der Waals surface area contributed by atoms with Crippen LogP contribution in [0.4, 0.5) is 5.69 Å². The predicted octanol–water partition coefficient (Wildman–Crippen LogP) is 4.03. The molecule has 0 radical (unpaired) electrons. The lowest BCUT2D eigenvalue weighted by Gasteiger charge is -2.23. The van der Waals surface area contributed by atoms with Crippen LogP contribution >= 0.6 is 0 Å². The Kier molecular flexibility index (Phi) is 6.54. The maximum Gasteiger partial charge on any atom is 0.241 e. The topological polar surface area (TPSA) is 92.8 Å². The SMILES string of the molecule is COc1ccc(S(=O)(=O)N[C@@H](c2ccccc2)c2ccc(C)cc2C)cc1N1C(=O)CCC1=O. The van der Waals surface area contributed by atoms with Gasteiger partial charge in [0.15, 0.2) is 0 Å². The Hall–Kier alpha value is -3.49. The summed E-state index contributed by atoms with van der Waals surface area (Å²) in [5.41, 5.74) is 3.78. The first-order chi connectivity index (χ1) is 16.2. The van der Waals surface area contributed by atoms with E-state index >= 15 is 0 Å². The highest BCUT2D eigenvalue weighted by Crippen LogP contribution is 2.35. The van der Waals surface area contributed by atoms with E-state index in [0.29, 0.717) is 0 Å². The molecule has 34 heavy (non-hydrogen) atoms. The molecule has 1 heterocycles. The van der Waals surface area contributed by atoms with Crippen LogP contribution in [0.25, 0.3) is 0 Å². The summed E-state index contributed by atoms with van der Waals surface area (Å²) >= 11 is 0.